The van der Waals surface area contributed by atoms with Crippen LogP contribution in [0.25, 0.3) is 10.8 Å². The van der Waals surface area contributed by atoms with Gasteiger partial charge in [-0.3, -0.25) is 9.78 Å². The van der Waals surface area contributed by atoms with Gasteiger partial charge in [-0.1, -0.05) is 54.6 Å². The second-order valence-electron chi connectivity index (χ2n) is 10.9. The van der Waals surface area contributed by atoms with E-state index in [0.717, 1.165) is 16.3 Å². The van der Waals surface area contributed by atoms with E-state index >= 15 is 0 Å². The summed E-state index contributed by atoms with van der Waals surface area (Å²) in [4.78, 5) is 44.5. The van der Waals surface area contributed by atoms with Crippen LogP contribution in [0.3, 0.4) is 0 Å². The third kappa shape index (κ3) is 5.51. The van der Waals surface area contributed by atoms with E-state index in [1.54, 1.807) is 45.0 Å². The van der Waals surface area contributed by atoms with E-state index in [0.29, 0.717) is 17.9 Å². The fourth-order valence-electron chi connectivity index (χ4n) is 5.00. The normalized spacial score (nSPS) is 17.3. The smallest absolute Gasteiger partial charge is 0.408 e. The lowest BCUT2D eigenvalue weighted by Gasteiger charge is -2.31. The number of benzene rings is 3. The first-order valence-electron chi connectivity index (χ1n) is 13.0. The maximum atomic E-state index is 13.8. The van der Waals surface area contributed by atoms with Gasteiger partial charge in [0.05, 0.1) is 12.2 Å². The van der Waals surface area contributed by atoms with Crippen LogP contribution in [-0.4, -0.2) is 44.1 Å². The number of rotatable bonds is 7. The quantitative estimate of drug-likeness (QED) is 0.274. The lowest BCUT2D eigenvalue weighted by molar-refractivity contribution is -0.134. The van der Waals surface area contributed by atoms with Crippen molar-refractivity contribution >= 4 is 22.8 Å². The number of nitrogens with zero attached hydrogens (tertiary/aromatic N) is 1. The molecule has 0 radical (unpaired) electrons. The Hall–Kier alpha value is -4.73. The largest absolute Gasteiger partial charge is 0.493 e. The molecule has 10 heteroatoms. The number of ether oxygens (including phenoxy) is 2. The lowest BCUT2D eigenvalue weighted by Crippen LogP contribution is -2.52. The van der Waals surface area contributed by atoms with E-state index < -0.39 is 22.9 Å². The van der Waals surface area contributed by atoms with Gasteiger partial charge in [0.2, 0.25) is 5.88 Å². The van der Waals surface area contributed by atoms with Gasteiger partial charge in [-0.05, 0) is 54.8 Å². The number of H-pyrrole nitrogens is 2. The van der Waals surface area contributed by atoms with Crippen molar-refractivity contribution in [2.45, 2.75) is 51.5 Å². The van der Waals surface area contributed by atoms with Gasteiger partial charge in [0, 0.05) is 13.0 Å². The summed E-state index contributed by atoms with van der Waals surface area (Å²) >= 11 is 0. The molecule has 208 valence electrons. The van der Waals surface area contributed by atoms with Crippen molar-refractivity contribution in [3.8, 4) is 11.6 Å². The van der Waals surface area contributed by atoms with Crippen LogP contribution in [-0.2, 0) is 28.2 Å². The number of imidazole rings is 1. The third-order valence-corrected chi connectivity index (χ3v) is 6.88. The minimum Gasteiger partial charge on any atom is -0.493 e. The molecule has 0 spiro atoms. The average Bonchev–Trinajstić information content (AvgIpc) is 3.39. The van der Waals surface area contributed by atoms with E-state index in [2.05, 4.69) is 33.5 Å². The predicted octanol–water partition coefficient (Wildman–Crippen LogP) is 4.29. The van der Waals surface area contributed by atoms with Crippen molar-refractivity contribution in [2.24, 2.45) is 0 Å². The van der Waals surface area contributed by atoms with E-state index in [4.69, 9.17) is 9.47 Å². The van der Waals surface area contributed by atoms with Gasteiger partial charge in [-0.15, -0.1) is 0 Å². The summed E-state index contributed by atoms with van der Waals surface area (Å²) in [7, 11) is 0. The molecule has 3 aromatic carbocycles. The Balaban J connectivity index is 1.38. The second kappa shape index (κ2) is 10.4. The van der Waals surface area contributed by atoms with E-state index in [-0.39, 0.29) is 37.0 Å². The van der Waals surface area contributed by atoms with Gasteiger partial charge in [-0.2, -0.15) is 0 Å². The molecule has 1 aromatic heterocycles. The number of aromatic hydroxyl groups is 1. The number of likely N-dealkylation sites (tertiary alicyclic amines) is 1. The number of carbonyl (C=O) groups excluding carboxylic acids is 2. The Morgan fingerprint density at radius 1 is 1.02 bits per heavy atom. The van der Waals surface area contributed by atoms with Crippen LogP contribution in [0.5, 0.6) is 11.6 Å². The first-order valence-corrected chi connectivity index (χ1v) is 13.0. The van der Waals surface area contributed by atoms with Gasteiger partial charge in [0.15, 0.2) is 0 Å². The predicted molar refractivity (Wildman–Crippen MR) is 149 cm³/mol. The Bertz CT molecular complexity index is 1600. The first-order chi connectivity index (χ1) is 19.0. The minimum absolute atomic E-state index is 0.0343. The van der Waals surface area contributed by atoms with Crippen molar-refractivity contribution in [1.29, 1.82) is 0 Å². The molecule has 4 aromatic rings. The van der Waals surface area contributed by atoms with E-state index in [1.807, 2.05) is 24.3 Å². The molecule has 1 saturated heterocycles. The maximum absolute atomic E-state index is 13.8. The van der Waals surface area contributed by atoms with Crippen molar-refractivity contribution < 1.29 is 24.2 Å². The van der Waals surface area contributed by atoms with Crippen LogP contribution in [0.15, 0.2) is 71.5 Å². The Morgan fingerprint density at radius 2 is 1.75 bits per heavy atom. The highest BCUT2D eigenvalue weighted by Crippen LogP contribution is 2.36. The molecule has 1 atom stereocenters. The molecule has 0 saturated carbocycles. The average molecular weight is 545 g/mol. The van der Waals surface area contributed by atoms with Gasteiger partial charge < -0.3 is 29.8 Å². The zero-order valence-electron chi connectivity index (χ0n) is 22.6. The van der Waals surface area contributed by atoms with Crippen LogP contribution in [0.1, 0.15) is 44.0 Å². The van der Waals surface area contributed by atoms with E-state index in [9.17, 15) is 19.5 Å². The second-order valence-corrected chi connectivity index (χ2v) is 10.9. The van der Waals surface area contributed by atoms with Gasteiger partial charge in [0.1, 0.15) is 23.5 Å². The molecule has 1 aliphatic heterocycles. The molecule has 1 unspecified atom stereocenters. The third-order valence-electron chi connectivity index (χ3n) is 6.88. The molecule has 2 heterocycles. The number of amides is 2. The molecule has 10 nitrogen and oxygen atoms in total. The van der Waals surface area contributed by atoms with Gasteiger partial charge in [-0.25, -0.2) is 9.59 Å². The number of hydrogen-bond acceptors (Lipinski definition) is 6. The van der Waals surface area contributed by atoms with E-state index in [1.165, 1.54) is 4.90 Å². The lowest BCUT2D eigenvalue weighted by atomic mass is 9.88. The Kier molecular flexibility index (Phi) is 7.01. The summed E-state index contributed by atoms with van der Waals surface area (Å²) < 4.78 is 11.5. The molecule has 1 fully saturated rings. The maximum Gasteiger partial charge on any atom is 0.408 e. The number of fused-ring (bicyclic) bond motifs is 1. The molecule has 1 aliphatic rings. The number of hydrogen-bond donors (Lipinski definition) is 4. The SMILES string of the molecule is CC(C)(C)OC(=O)NC1(c2ccc(OCc3cccc4ccccc34)cc2)CCN(Cc2[nH]c(=O)[nH]c2O)C1=O. The standard InChI is InChI=1S/C30H32N4O6/c1-29(2,3)40-28(38)33-30(15-16-34(26(30)36)17-24-25(35)32-27(37)31-24)21-11-13-22(14-12-21)39-18-20-9-6-8-19-7-4-5-10-23(19)20/h4-14,35H,15-18H2,1-3H3,(H,33,38)(H2,31,32,37). The van der Waals surface area contributed by atoms with Gasteiger partial charge in [0.25, 0.3) is 5.91 Å². The molecule has 0 bridgehead atoms. The summed E-state index contributed by atoms with van der Waals surface area (Å²) in [6.45, 7) is 5.85. The summed E-state index contributed by atoms with van der Waals surface area (Å²) in [6.07, 6.45) is -0.464. The highest BCUT2D eigenvalue weighted by molar-refractivity contribution is 5.93. The van der Waals surface area contributed by atoms with Crippen LogP contribution in [0.2, 0.25) is 0 Å². The van der Waals surface area contributed by atoms with Gasteiger partial charge >= 0.3 is 11.8 Å². The number of aromatic nitrogens is 2. The van der Waals surface area contributed by atoms with Crippen LogP contribution in [0.4, 0.5) is 4.79 Å². The summed E-state index contributed by atoms with van der Waals surface area (Å²) in [5.74, 6) is -0.103. The molecule has 40 heavy (non-hydrogen) atoms. The fraction of sp³-hybridized carbons (Fsp3) is 0.300. The van der Waals surface area contributed by atoms with Crippen molar-refractivity contribution in [2.75, 3.05) is 6.54 Å². The van der Waals surface area contributed by atoms with Crippen LogP contribution < -0.4 is 15.7 Å². The van der Waals surface area contributed by atoms with Crippen LogP contribution >= 0.6 is 0 Å². The number of aromatic amines is 2. The monoisotopic (exact) mass is 544 g/mol. The van der Waals surface area contributed by atoms with Crippen molar-refractivity contribution in [3.05, 3.63) is 94.0 Å². The molecule has 2 amide bonds. The first kappa shape index (κ1) is 26.9. The number of carbonyl (C=O) groups is 2. The number of alkyl carbamates (subject to hydrolysis) is 1. The fourth-order valence-corrected chi connectivity index (χ4v) is 5.00. The summed E-state index contributed by atoms with van der Waals surface area (Å²) in [6, 6.07) is 21.2. The minimum atomic E-state index is -1.40. The summed E-state index contributed by atoms with van der Waals surface area (Å²) in [5, 5.41) is 15.1. The Labute approximate surface area is 230 Å². The summed E-state index contributed by atoms with van der Waals surface area (Å²) in [5.41, 5.74) is -0.932. The number of nitrogens with one attached hydrogen (secondary N) is 3. The highest BCUT2D eigenvalue weighted by Gasteiger charge is 2.50. The molecule has 4 N–H and O–H groups in total. The van der Waals surface area contributed by atoms with Crippen LogP contribution in [0, 0.1) is 0 Å². The molecule has 0 aliphatic carbocycles. The molecule has 5 rings (SSSR count). The van der Waals surface area contributed by atoms with Crippen molar-refractivity contribution in [3.63, 3.8) is 0 Å². The Morgan fingerprint density at radius 3 is 2.45 bits per heavy atom. The highest BCUT2D eigenvalue weighted by atomic mass is 16.6. The topological polar surface area (TPSA) is 137 Å². The molecular formula is C30H32N4O6. The molecular weight excluding hydrogens is 512 g/mol. The zero-order chi connectivity index (χ0) is 28.5. The zero-order valence-corrected chi connectivity index (χ0v) is 22.6. The van der Waals surface area contributed by atoms with Crippen molar-refractivity contribution in [1.82, 2.24) is 20.2 Å².